The predicted octanol–water partition coefficient (Wildman–Crippen LogP) is 7.17. The number of esters is 1. The molecule has 1 heterocycles. The van der Waals surface area contributed by atoms with Crippen molar-refractivity contribution in [1.82, 2.24) is 5.32 Å². The zero-order chi connectivity index (χ0) is 31.8. The van der Waals surface area contributed by atoms with Gasteiger partial charge in [-0.1, -0.05) is 54.8 Å². The molecule has 7 nitrogen and oxygen atoms in total. The fourth-order valence-electron chi connectivity index (χ4n) is 5.62. The van der Waals surface area contributed by atoms with Crippen molar-refractivity contribution in [3.05, 3.63) is 64.2 Å². The minimum atomic E-state index is -4.54. The molecule has 0 aromatic heterocycles. The molecule has 3 atom stereocenters. The quantitative estimate of drug-likeness (QED) is 0.272. The van der Waals surface area contributed by atoms with Crippen molar-refractivity contribution in [3.8, 4) is 0 Å². The average Bonchev–Trinajstić information content (AvgIpc) is 3.84. The monoisotopic (exact) mass is 631 g/mol. The van der Waals surface area contributed by atoms with Crippen LogP contribution in [0.15, 0.2) is 47.5 Å². The SMILES string of the molecule is CC(C)(C)OC(=O)[C@@H](CC1CC1)[C@@H](CCC(F)(F)F)C(=O)N[C@H]1N=C(c2ccc(Cl)cc2)c2cccc(C3CC3)c2NC1=O. The van der Waals surface area contributed by atoms with Gasteiger partial charge < -0.3 is 15.4 Å². The molecule has 2 aliphatic carbocycles. The second-order valence-corrected chi connectivity index (χ2v) is 13.4. The van der Waals surface area contributed by atoms with Gasteiger partial charge in [-0.15, -0.1) is 0 Å². The van der Waals surface area contributed by atoms with E-state index in [4.69, 9.17) is 16.3 Å². The van der Waals surface area contributed by atoms with Crippen LogP contribution in [-0.4, -0.2) is 41.4 Å². The summed E-state index contributed by atoms with van der Waals surface area (Å²) in [4.78, 5) is 45.5. The van der Waals surface area contributed by atoms with E-state index < -0.39 is 60.4 Å². The van der Waals surface area contributed by atoms with E-state index in [1.54, 1.807) is 45.0 Å². The number of rotatable bonds is 10. The van der Waals surface area contributed by atoms with E-state index in [1.807, 2.05) is 18.2 Å². The van der Waals surface area contributed by atoms with E-state index in [-0.39, 0.29) is 18.3 Å². The highest BCUT2D eigenvalue weighted by molar-refractivity contribution is 6.31. The van der Waals surface area contributed by atoms with Gasteiger partial charge >= 0.3 is 12.1 Å². The average molecular weight is 632 g/mol. The molecule has 3 aliphatic rings. The van der Waals surface area contributed by atoms with Crippen LogP contribution in [0.25, 0.3) is 0 Å². The van der Waals surface area contributed by atoms with Crippen molar-refractivity contribution in [1.29, 1.82) is 0 Å². The van der Waals surface area contributed by atoms with E-state index in [9.17, 15) is 27.6 Å². The van der Waals surface area contributed by atoms with Gasteiger partial charge in [0.25, 0.3) is 5.91 Å². The van der Waals surface area contributed by atoms with Gasteiger partial charge in [-0.2, -0.15) is 13.2 Å². The second kappa shape index (κ2) is 12.5. The van der Waals surface area contributed by atoms with Gasteiger partial charge in [0.2, 0.25) is 12.1 Å². The number of nitrogens with one attached hydrogen (secondary N) is 2. The second-order valence-electron chi connectivity index (χ2n) is 13.0. The third kappa shape index (κ3) is 8.20. The van der Waals surface area contributed by atoms with E-state index in [0.717, 1.165) is 31.2 Å². The van der Waals surface area contributed by atoms with Crippen LogP contribution < -0.4 is 10.6 Å². The maximum atomic E-state index is 13.9. The number of aliphatic imine (C=N–C) groups is 1. The molecule has 236 valence electrons. The minimum Gasteiger partial charge on any atom is -0.460 e. The van der Waals surface area contributed by atoms with Crippen LogP contribution in [0.5, 0.6) is 0 Å². The number of anilines is 1. The molecule has 1 aliphatic heterocycles. The largest absolute Gasteiger partial charge is 0.460 e. The van der Waals surface area contributed by atoms with E-state index in [0.29, 0.717) is 27.5 Å². The zero-order valence-electron chi connectivity index (χ0n) is 25.0. The molecule has 11 heteroatoms. The number of benzodiazepines with no additional fused rings is 1. The van der Waals surface area contributed by atoms with Crippen LogP contribution in [0.1, 0.15) is 88.3 Å². The summed E-state index contributed by atoms with van der Waals surface area (Å²) in [6, 6.07) is 12.6. The van der Waals surface area contributed by atoms with Crippen molar-refractivity contribution in [3.63, 3.8) is 0 Å². The summed E-state index contributed by atoms with van der Waals surface area (Å²) in [5.74, 6) is -4.26. The summed E-state index contributed by atoms with van der Waals surface area (Å²) >= 11 is 6.13. The molecule has 5 rings (SSSR count). The Morgan fingerprint density at radius 3 is 2.32 bits per heavy atom. The number of hydrogen-bond acceptors (Lipinski definition) is 5. The topological polar surface area (TPSA) is 96.9 Å². The normalized spacial score (nSPS) is 20.0. The van der Waals surface area contributed by atoms with Gasteiger partial charge in [0.05, 0.1) is 23.2 Å². The van der Waals surface area contributed by atoms with Crippen LogP contribution in [-0.2, 0) is 19.1 Å². The van der Waals surface area contributed by atoms with Crippen LogP contribution in [0.3, 0.4) is 0 Å². The molecule has 2 N–H and O–H groups in total. The van der Waals surface area contributed by atoms with E-state index in [1.165, 1.54) is 0 Å². The fourth-order valence-corrected chi connectivity index (χ4v) is 5.74. The number of alkyl halides is 3. The summed E-state index contributed by atoms with van der Waals surface area (Å²) in [5.41, 5.74) is 2.40. The lowest BCUT2D eigenvalue weighted by Crippen LogP contribution is -2.48. The number of nitrogens with zero attached hydrogens (tertiary/aromatic N) is 1. The summed E-state index contributed by atoms with van der Waals surface area (Å²) in [5, 5.41) is 6.05. The van der Waals surface area contributed by atoms with Crippen LogP contribution in [0.2, 0.25) is 5.02 Å². The lowest BCUT2D eigenvalue weighted by Gasteiger charge is -2.29. The van der Waals surface area contributed by atoms with Crippen LogP contribution >= 0.6 is 11.6 Å². The predicted molar refractivity (Wildman–Crippen MR) is 162 cm³/mol. The number of carbonyl (C=O) groups excluding carboxylic acids is 3. The summed E-state index contributed by atoms with van der Waals surface area (Å²) < 4.78 is 45.9. The van der Waals surface area contributed by atoms with Crippen LogP contribution in [0.4, 0.5) is 18.9 Å². The van der Waals surface area contributed by atoms with Gasteiger partial charge in [0.15, 0.2) is 0 Å². The molecular formula is C33H37ClF3N3O4. The number of fused-ring (bicyclic) bond motifs is 1. The summed E-state index contributed by atoms with van der Waals surface area (Å²) in [7, 11) is 0. The lowest BCUT2D eigenvalue weighted by molar-refractivity contribution is -0.167. The van der Waals surface area contributed by atoms with E-state index >= 15 is 0 Å². The van der Waals surface area contributed by atoms with Gasteiger partial charge in [-0.3, -0.25) is 14.4 Å². The molecule has 0 bridgehead atoms. The zero-order valence-corrected chi connectivity index (χ0v) is 25.7. The van der Waals surface area contributed by atoms with Gasteiger partial charge in [-0.25, -0.2) is 4.99 Å². The molecule has 44 heavy (non-hydrogen) atoms. The standard InChI is InChI=1S/C33H37ClF3N3O4/c1-32(2,3)44-31(43)25(17-18-7-8-18)23(15-16-33(35,36)37)29(41)40-28-30(42)39-27-22(19-9-10-19)5-4-6-24(27)26(38-28)20-11-13-21(34)14-12-20/h4-6,11-14,18-19,23,25,28H,7-10,15-17H2,1-3H3,(H,39,42)(H,40,41)/t23-,25+,28-/m1/s1. The lowest BCUT2D eigenvalue weighted by atomic mass is 9.83. The number of benzene rings is 2. The Morgan fingerprint density at radius 2 is 1.73 bits per heavy atom. The van der Waals surface area contributed by atoms with Crippen molar-refractivity contribution in [2.24, 2.45) is 22.7 Å². The molecule has 2 saturated carbocycles. The first kappa shape index (κ1) is 32.0. The van der Waals surface area contributed by atoms with Crippen molar-refractivity contribution in [2.75, 3.05) is 5.32 Å². The molecule has 0 unspecified atom stereocenters. The number of carbonyl (C=O) groups is 3. The van der Waals surface area contributed by atoms with Crippen molar-refractivity contribution >= 4 is 40.8 Å². The molecule has 0 spiro atoms. The molecule has 0 radical (unpaired) electrons. The fraction of sp³-hybridized carbons (Fsp3) is 0.515. The van der Waals surface area contributed by atoms with Gasteiger partial charge in [0.1, 0.15) is 5.60 Å². The smallest absolute Gasteiger partial charge is 0.389 e. The van der Waals surface area contributed by atoms with Gasteiger partial charge in [0, 0.05) is 22.6 Å². The Labute approximate surface area is 260 Å². The minimum absolute atomic E-state index is 0.125. The third-order valence-corrected chi connectivity index (χ3v) is 8.33. The Bertz CT molecular complexity index is 1440. The molecule has 2 aromatic rings. The summed E-state index contributed by atoms with van der Waals surface area (Å²) in [6.07, 6.45) is -4.04. The number of para-hydroxylation sites is 1. The number of halogens is 4. The maximum absolute atomic E-state index is 13.9. The Balaban J connectivity index is 1.50. The maximum Gasteiger partial charge on any atom is 0.389 e. The first-order chi connectivity index (χ1) is 20.7. The van der Waals surface area contributed by atoms with Gasteiger partial charge in [-0.05, 0) is 76.0 Å². The number of amides is 2. The molecule has 0 saturated heterocycles. The Kier molecular flexibility index (Phi) is 9.12. The first-order valence-corrected chi connectivity index (χ1v) is 15.4. The highest BCUT2D eigenvalue weighted by Gasteiger charge is 2.43. The van der Waals surface area contributed by atoms with Crippen LogP contribution in [0, 0.1) is 17.8 Å². The highest BCUT2D eigenvalue weighted by atomic mass is 35.5. The number of hydrogen-bond donors (Lipinski definition) is 2. The Hall–Kier alpha value is -3.40. The third-order valence-electron chi connectivity index (χ3n) is 8.08. The molecular weight excluding hydrogens is 595 g/mol. The van der Waals surface area contributed by atoms with Crippen molar-refractivity contribution < 1.29 is 32.3 Å². The molecule has 2 aromatic carbocycles. The Morgan fingerprint density at radius 1 is 1.05 bits per heavy atom. The number of ether oxygens (including phenoxy) is 1. The van der Waals surface area contributed by atoms with E-state index in [2.05, 4.69) is 15.6 Å². The first-order valence-electron chi connectivity index (χ1n) is 15.1. The van der Waals surface area contributed by atoms with Crippen molar-refractivity contribution in [2.45, 2.75) is 89.6 Å². The summed E-state index contributed by atoms with van der Waals surface area (Å²) in [6.45, 7) is 5.00. The highest BCUT2D eigenvalue weighted by Crippen LogP contribution is 2.45. The molecule has 2 amide bonds. The molecule has 2 fully saturated rings.